The van der Waals surface area contributed by atoms with E-state index >= 15 is 0 Å². The summed E-state index contributed by atoms with van der Waals surface area (Å²) < 4.78 is 0. The van der Waals surface area contributed by atoms with E-state index in [1.165, 1.54) is 5.56 Å². The maximum atomic E-state index is 8.72. The number of aliphatic hydroxyl groups excluding tert-OH is 1. The molecule has 0 aliphatic rings. The van der Waals surface area contributed by atoms with Crippen molar-refractivity contribution in [1.29, 1.82) is 0 Å². The minimum absolute atomic E-state index is 0.190. The number of rotatable bonds is 9. The fraction of sp³-hybridized carbons (Fsp3) is 0.625. The van der Waals surface area contributed by atoms with Crippen LogP contribution >= 0.6 is 0 Å². The summed E-state index contributed by atoms with van der Waals surface area (Å²) in [7, 11) is 0. The lowest BCUT2D eigenvalue weighted by atomic mass is 9.95. The zero-order valence-electron chi connectivity index (χ0n) is 11.8. The Hall–Kier alpha value is -0.860. The Balaban J connectivity index is 2.19. The van der Waals surface area contributed by atoms with E-state index in [0.717, 1.165) is 38.6 Å². The quantitative estimate of drug-likeness (QED) is 0.659. The number of hydrogen-bond donors (Lipinski definition) is 2. The van der Waals surface area contributed by atoms with Crippen molar-refractivity contribution in [2.24, 2.45) is 0 Å². The molecule has 0 aromatic heterocycles. The Kier molecular flexibility index (Phi) is 6.99. The molecule has 0 aliphatic carbocycles. The summed E-state index contributed by atoms with van der Waals surface area (Å²) >= 11 is 0. The molecule has 102 valence electrons. The lowest BCUT2D eigenvalue weighted by Gasteiger charge is -2.26. The highest BCUT2D eigenvalue weighted by Crippen LogP contribution is 2.13. The number of hydrogen-bond acceptors (Lipinski definition) is 2. The van der Waals surface area contributed by atoms with Crippen molar-refractivity contribution >= 4 is 0 Å². The summed E-state index contributed by atoms with van der Waals surface area (Å²) in [6, 6.07) is 10.7. The van der Waals surface area contributed by atoms with Crippen LogP contribution in [0.3, 0.4) is 0 Å². The zero-order chi connectivity index (χ0) is 13.3. The van der Waals surface area contributed by atoms with Crippen LogP contribution in [0.25, 0.3) is 0 Å². The van der Waals surface area contributed by atoms with E-state index in [9.17, 15) is 0 Å². The summed E-state index contributed by atoms with van der Waals surface area (Å²) in [5, 5.41) is 12.3. The maximum absolute atomic E-state index is 8.72. The van der Waals surface area contributed by atoms with E-state index in [0.29, 0.717) is 6.61 Å². The van der Waals surface area contributed by atoms with Gasteiger partial charge in [0.25, 0.3) is 0 Å². The summed E-state index contributed by atoms with van der Waals surface area (Å²) in [4.78, 5) is 0. The van der Waals surface area contributed by atoms with Crippen molar-refractivity contribution in [2.75, 3.05) is 13.2 Å². The molecule has 0 heterocycles. The first-order chi connectivity index (χ1) is 8.64. The summed E-state index contributed by atoms with van der Waals surface area (Å²) in [6.07, 6.45) is 5.45. The van der Waals surface area contributed by atoms with Crippen molar-refractivity contribution in [3.05, 3.63) is 35.9 Å². The van der Waals surface area contributed by atoms with Crippen LogP contribution in [0.1, 0.15) is 45.1 Å². The van der Waals surface area contributed by atoms with E-state index in [1.807, 2.05) is 0 Å². The van der Waals surface area contributed by atoms with Gasteiger partial charge in [-0.1, -0.05) is 30.3 Å². The molecule has 0 aliphatic heterocycles. The summed E-state index contributed by atoms with van der Waals surface area (Å²) in [6.45, 7) is 5.89. The Morgan fingerprint density at radius 2 is 1.78 bits per heavy atom. The van der Waals surface area contributed by atoms with Crippen LogP contribution in [0.15, 0.2) is 30.3 Å². The van der Waals surface area contributed by atoms with Gasteiger partial charge in [0.2, 0.25) is 0 Å². The highest BCUT2D eigenvalue weighted by atomic mass is 16.2. The van der Waals surface area contributed by atoms with Crippen LogP contribution in [0, 0.1) is 0 Å². The monoisotopic (exact) mass is 249 g/mol. The smallest absolute Gasteiger partial charge is 0.0431 e. The normalized spacial score (nSPS) is 11.7. The number of aryl methyl sites for hydroxylation is 1. The van der Waals surface area contributed by atoms with Gasteiger partial charge < -0.3 is 10.4 Å². The predicted octanol–water partition coefficient (Wildman–Crippen LogP) is 3.15. The molecule has 18 heavy (non-hydrogen) atoms. The number of nitrogens with one attached hydrogen (secondary N) is 1. The van der Waals surface area contributed by atoms with Gasteiger partial charge in [-0.05, 0) is 58.1 Å². The first-order valence-corrected chi connectivity index (χ1v) is 7.04. The molecule has 1 aromatic carbocycles. The minimum Gasteiger partial charge on any atom is -0.396 e. The van der Waals surface area contributed by atoms with Crippen LogP contribution in [0.5, 0.6) is 0 Å². The second-order valence-corrected chi connectivity index (χ2v) is 5.58. The fourth-order valence-corrected chi connectivity index (χ4v) is 2.03. The minimum atomic E-state index is 0.190. The second-order valence-electron chi connectivity index (χ2n) is 5.58. The summed E-state index contributed by atoms with van der Waals surface area (Å²) in [5.74, 6) is 0. The maximum Gasteiger partial charge on any atom is 0.0431 e. The Morgan fingerprint density at radius 1 is 1.06 bits per heavy atom. The molecular formula is C16H27NO. The lowest BCUT2D eigenvalue weighted by molar-refractivity contribution is 0.280. The molecule has 1 aromatic rings. The standard InChI is InChI=1S/C16H27NO/c1-16(2,17-13-7-4-8-14-18)12-11-15-9-5-3-6-10-15/h3,5-6,9-10,17-18H,4,7-8,11-14H2,1-2H3. The molecule has 2 nitrogen and oxygen atoms in total. The van der Waals surface area contributed by atoms with E-state index in [4.69, 9.17) is 5.11 Å². The van der Waals surface area contributed by atoms with E-state index in [1.54, 1.807) is 0 Å². The average Bonchev–Trinajstić information content (AvgIpc) is 2.38. The Labute approximate surface area is 111 Å². The third-order valence-electron chi connectivity index (χ3n) is 3.32. The van der Waals surface area contributed by atoms with Crippen molar-refractivity contribution in [3.8, 4) is 0 Å². The van der Waals surface area contributed by atoms with Crippen LogP contribution < -0.4 is 5.32 Å². The van der Waals surface area contributed by atoms with Crippen LogP contribution in [0.4, 0.5) is 0 Å². The number of unbranched alkanes of at least 4 members (excludes halogenated alkanes) is 2. The third-order valence-corrected chi connectivity index (χ3v) is 3.32. The van der Waals surface area contributed by atoms with Crippen LogP contribution in [-0.2, 0) is 6.42 Å². The highest BCUT2D eigenvalue weighted by Gasteiger charge is 2.15. The number of benzene rings is 1. The fourth-order valence-electron chi connectivity index (χ4n) is 2.03. The SMILES string of the molecule is CC(C)(CCc1ccccc1)NCCCCCO. The average molecular weight is 249 g/mol. The largest absolute Gasteiger partial charge is 0.396 e. The van der Waals surface area contributed by atoms with Gasteiger partial charge in [0, 0.05) is 12.1 Å². The van der Waals surface area contributed by atoms with Gasteiger partial charge in [-0.15, -0.1) is 0 Å². The molecule has 1 rings (SSSR count). The lowest BCUT2D eigenvalue weighted by Crippen LogP contribution is -2.40. The van der Waals surface area contributed by atoms with Gasteiger partial charge in [0.15, 0.2) is 0 Å². The molecule has 0 saturated carbocycles. The van der Waals surface area contributed by atoms with Gasteiger partial charge in [0.1, 0.15) is 0 Å². The van der Waals surface area contributed by atoms with Crippen molar-refractivity contribution in [2.45, 2.75) is 51.5 Å². The van der Waals surface area contributed by atoms with Gasteiger partial charge in [-0.2, -0.15) is 0 Å². The van der Waals surface area contributed by atoms with E-state index in [2.05, 4.69) is 49.5 Å². The highest BCUT2D eigenvalue weighted by molar-refractivity contribution is 5.15. The molecule has 0 saturated heterocycles. The Morgan fingerprint density at radius 3 is 2.44 bits per heavy atom. The molecule has 0 amide bonds. The molecule has 2 N–H and O–H groups in total. The molecule has 0 spiro atoms. The van der Waals surface area contributed by atoms with Crippen LogP contribution in [0.2, 0.25) is 0 Å². The molecule has 0 unspecified atom stereocenters. The zero-order valence-corrected chi connectivity index (χ0v) is 11.8. The molecule has 0 fully saturated rings. The topological polar surface area (TPSA) is 32.3 Å². The first kappa shape index (κ1) is 15.2. The second kappa shape index (κ2) is 8.28. The molecule has 0 radical (unpaired) electrons. The van der Waals surface area contributed by atoms with E-state index in [-0.39, 0.29) is 5.54 Å². The first-order valence-electron chi connectivity index (χ1n) is 7.04. The summed E-state index contributed by atoms with van der Waals surface area (Å²) in [5.41, 5.74) is 1.60. The van der Waals surface area contributed by atoms with Crippen molar-refractivity contribution < 1.29 is 5.11 Å². The van der Waals surface area contributed by atoms with Crippen molar-refractivity contribution in [1.82, 2.24) is 5.32 Å². The van der Waals surface area contributed by atoms with E-state index < -0.39 is 0 Å². The molecule has 0 atom stereocenters. The van der Waals surface area contributed by atoms with Crippen molar-refractivity contribution in [3.63, 3.8) is 0 Å². The molecule has 2 heteroatoms. The van der Waals surface area contributed by atoms with Gasteiger partial charge in [-0.25, -0.2) is 0 Å². The van der Waals surface area contributed by atoms with Gasteiger partial charge in [-0.3, -0.25) is 0 Å². The number of aliphatic hydroxyl groups is 1. The van der Waals surface area contributed by atoms with Crippen LogP contribution in [-0.4, -0.2) is 23.8 Å². The Bertz CT molecular complexity index is 308. The molecule has 0 bridgehead atoms. The third kappa shape index (κ3) is 6.77. The van der Waals surface area contributed by atoms with Gasteiger partial charge >= 0.3 is 0 Å². The predicted molar refractivity (Wildman–Crippen MR) is 77.8 cm³/mol. The molecular weight excluding hydrogens is 222 g/mol. The van der Waals surface area contributed by atoms with Gasteiger partial charge in [0.05, 0.1) is 0 Å².